The van der Waals surface area contributed by atoms with Gasteiger partial charge in [0, 0.05) is 38.4 Å². The van der Waals surface area contributed by atoms with E-state index in [4.69, 9.17) is 16.3 Å². The van der Waals surface area contributed by atoms with Crippen LogP contribution < -0.4 is 0 Å². The van der Waals surface area contributed by atoms with Crippen LogP contribution in [0.1, 0.15) is 31.2 Å². The van der Waals surface area contributed by atoms with Gasteiger partial charge in [-0.15, -0.1) is 0 Å². The zero-order valence-corrected chi connectivity index (χ0v) is 15.2. The first-order chi connectivity index (χ1) is 12.1. The maximum absolute atomic E-state index is 13.0. The van der Waals surface area contributed by atoms with Crippen LogP contribution in [-0.4, -0.2) is 55.0 Å². The second-order valence-corrected chi connectivity index (χ2v) is 6.82. The number of piperidine rings is 1. The summed E-state index contributed by atoms with van der Waals surface area (Å²) in [6.07, 6.45) is 3.89. The number of methoxy groups -OCH3 is 1. The van der Waals surface area contributed by atoms with E-state index < -0.39 is 0 Å². The molecule has 0 unspecified atom stereocenters. The summed E-state index contributed by atoms with van der Waals surface area (Å²) in [5, 5.41) is 0.609. The highest BCUT2D eigenvalue weighted by Crippen LogP contribution is 2.33. The van der Waals surface area contributed by atoms with Crippen LogP contribution in [0.3, 0.4) is 0 Å². The second kappa shape index (κ2) is 8.02. The van der Waals surface area contributed by atoms with E-state index in [0.717, 1.165) is 31.5 Å². The fourth-order valence-electron chi connectivity index (χ4n) is 3.42. The zero-order chi connectivity index (χ0) is 17.8. The number of ether oxygens (including phenoxy) is 1. The van der Waals surface area contributed by atoms with Crippen molar-refractivity contribution in [1.82, 2.24) is 9.80 Å². The Labute approximate surface area is 153 Å². The summed E-state index contributed by atoms with van der Waals surface area (Å²) >= 11 is 5.98. The third-order valence-corrected chi connectivity index (χ3v) is 4.93. The molecular weight excluding hydrogens is 340 g/mol. The van der Waals surface area contributed by atoms with Gasteiger partial charge in [0.1, 0.15) is 5.70 Å². The minimum absolute atomic E-state index is 0.187. The number of hydrogen-bond acceptors (Lipinski definition) is 4. The van der Waals surface area contributed by atoms with Gasteiger partial charge in [-0.2, -0.15) is 0 Å². The van der Waals surface area contributed by atoms with Gasteiger partial charge in [-0.1, -0.05) is 23.7 Å². The fraction of sp³-hybridized carbons (Fsp3) is 0.474. The van der Waals surface area contributed by atoms with Crippen molar-refractivity contribution in [3.63, 3.8) is 0 Å². The number of nitrogens with zero attached hydrogens (tertiary/aromatic N) is 2. The average molecular weight is 363 g/mol. The molecule has 0 saturated carbocycles. The van der Waals surface area contributed by atoms with Gasteiger partial charge in [0.25, 0.3) is 11.8 Å². The van der Waals surface area contributed by atoms with Gasteiger partial charge in [-0.3, -0.25) is 14.5 Å². The summed E-state index contributed by atoms with van der Waals surface area (Å²) in [7, 11) is 1.62. The Morgan fingerprint density at radius 1 is 1.04 bits per heavy atom. The Balaban J connectivity index is 1.96. The van der Waals surface area contributed by atoms with Crippen LogP contribution in [0.4, 0.5) is 0 Å². The lowest BCUT2D eigenvalue weighted by atomic mass is 10.0. The van der Waals surface area contributed by atoms with Crippen LogP contribution in [-0.2, 0) is 14.3 Å². The summed E-state index contributed by atoms with van der Waals surface area (Å²) < 4.78 is 5.05. The quantitative estimate of drug-likeness (QED) is 0.576. The molecule has 2 amide bonds. The Morgan fingerprint density at radius 3 is 2.36 bits per heavy atom. The molecule has 0 aliphatic carbocycles. The molecule has 1 saturated heterocycles. The molecule has 5 nitrogen and oxygen atoms in total. The predicted molar refractivity (Wildman–Crippen MR) is 97.0 cm³/mol. The maximum Gasteiger partial charge on any atom is 0.277 e. The largest absolute Gasteiger partial charge is 0.385 e. The minimum Gasteiger partial charge on any atom is -0.385 e. The Morgan fingerprint density at radius 2 is 1.72 bits per heavy atom. The number of halogens is 1. The second-order valence-electron chi connectivity index (χ2n) is 6.39. The Kier molecular flexibility index (Phi) is 5.76. The summed E-state index contributed by atoms with van der Waals surface area (Å²) in [4.78, 5) is 29.4. The molecule has 134 valence electrons. The van der Waals surface area contributed by atoms with Crippen LogP contribution in [0.5, 0.6) is 0 Å². The van der Waals surface area contributed by atoms with E-state index in [1.807, 2.05) is 12.1 Å². The van der Waals surface area contributed by atoms with Crippen LogP contribution in [0.15, 0.2) is 30.0 Å². The molecule has 1 aromatic carbocycles. The number of rotatable bonds is 6. The van der Waals surface area contributed by atoms with Crippen molar-refractivity contribution in [1.29, 1.82) is 0 Å². The molecule has 0 radical (unpaired) electrons. The first-order valence-corrected chi connectivity index (χ1v) is 9.11. The minimum atomic E-state index is -0.219. The zero-order valence-electron chi connectivity index (χ0n) is 14.5. The molecule has 0 atom stereocenters. The fourth-order valence-corrected chi connectivity index (χ4v) is 3.55. The van der Waals surface area contributed by atoms with Crippen molar-refractivity contribution >= 4 is 29.0 Å². The lowest BCUT2D eigenvalue weighted by molar-refractivity contribution is -0.137. The van der Waals surface area contributed by atoms with Gasteiger partial charge in [0.05, 0.1) is 5.57 Å². The smallest absolute Gasteiger partial charge is 0.277 e. The topological polar surface area (TPSA) is 49.9 Å². The Bertz CT molecular complexity index is 678. The number of amides is 2. The van der Waals surface area contributed by atoms with Crippen molar-refractivity contribution in [2.24, 2.45) is 0 Å². The van der Waals surface area contributed by atoms with E-state index in [0.29, 0.717) is 35.9 Å². The number of imide groups is 1. The number of likely N-dealkylation sites (tertiary alicyclic amines) is 1. The van der Waals surface area contributed by atoms with Crippen molar-refractivity contribution < 1.29 is 14.3 Å². The van der Waals surface area contributed by atoms with Crippen LogP contribution in [0.2, 0.25) is 5.02 Å². The lowest BCUT2D eigenvalue weighted by Gasteiger charge is -2.29. The van der Waals surface area contributed by atoms with E-state index in [2.05, 4.69) is 4.90 Å². The number of benzene rings is 1. The van der Waals surface area contributed by atoms with Crippen molar-refractivity contribution in [2.45, 2.75) is 25.7 Å². The van der Waals surface area contributed by atoms with Crippen LogP contribution >= 0.6 is 11.6 Å². The van der Waals surface area contributed by atoms with Gasteiger partial charge in [-0.05, 0) is 43.4 Å². The van der Waals surface area contributed by atoms with Gasteiger partial charge < -0.3 is 9.64 Å². The molecule has 0 bridgehead atoms. The van der Waals surface area contributed by atoms with Gasteiger partial charge >= 0.3 is 0 Å². The molecule has 1 aromatic rings. The first kappa shape index (κ1) is 18.0. The third-order valence-electron chi connectivity index (χ3n) is 4.68. The summed E-state index contributed by atoms with van der Waals surface area (Å²) in [5.74, 6) is -0.406. The number of carbonyl (C=O) groups is 2. The van der Waals surface area contributed by atoms with Gasteiger partial charge in [0.2, 0.25) is 0 Å². The molecule has 0 N–H and O–H groups in total. The highest BCUT2D eigenvalue weighted by Gasteiger charge is 2.41. The monoisotopic (exact) mass is 362 g/mol. The summed E-state index contributed by atoms with van der Waals surface area (Å²) in [5.41, 5.74) is 1.79. The van der Waals surface area contributed by atoms with Crippen LogP contribution in [0, 0.1) is 0 Å². The van der Waals surface area contributed by atoms with E-state index in [-0.39, 0.29) is 11.8 Å². The van der Waals surface area contributed by atoms with Crippen molar-refractivity contribution in [3.8, 4) is 0 Å². The third kappa shape index (κ3) is 3.72. The highest BCUT2D eigenvalue weighted by atomic mass is 35.5. The maximum atomic E-state index is 13.0. The van der Waals surface area contributed by atoms with Crippen molar-refractivity contribution in [2.75, 3.05) is 33.4 Å². The van der Waals surface area contributed by atoms with Crippen LogP contribution in [0.25, 0.3) is 5.57 Å². The lowest BCUT2D eigenvalue weighted by Crippen LogP contribution is -2.37. The van der Waals surface area contributed by atoms with Crippen molar-refractivity contribution in [3.05, 3.63) is 40.5 Å². The summed E-state index contributed by atoms with van der Waals surface area (Å²) in [6, 6.07) is 7.13. The molecule has 0 aromatic heterocycles. The Hall–Kier alpha value is -1.85. The normalized spacial score (nSPS) is 18.5. The number of carbonyl (C=O) groups excluding carboxylic acids is 2. The number of hydrogen-bond donors (Lipinski definition) is 0. The first-order valence-electron chi connectivity index (χ1n) is 8.74. The SMILES string of the molecule is COCCCN1C(=O)C(c2ccc(Cl)cc2)=C(N2CCCCC2)C1=O. The molecule has 2 heterocycles. The van der Waals surface area contributed by atoms with E-state index >= 15 is 0 Å². The molecule has 2 aliphatic rings. The van der Waals surface area contributed by atoms with E-state index in [9.17, 15) is 9.59 Å². The molecule has 25 heavy (non-hydrogen) atoms. The molecule has 6 heteroatoms. The molecule has 2 aliphatic heterocycles. The van der Waals surface area contributed by atoms with Gasteiger partial charge in [0.15, 0.2) is 0 Å². The molecule has 1 fully saturated rings. The summed E-state index contributed by atoms with van der Waals surface area (Å²) in [6.45, 7) is 2.53. The molecule has 0 spiro atoms. The van der Waals surface area contributed by atoms with E-state index in [1.165, 1.54) is 11.3 Å². The molecular formula is C19H23ClN2O3. The predicted octanol–water partition coefficient (Wildman–Crippen LogP) is 2.94. The average Bonchev–Trinajstić information content (AvgIpc) is 2.88. The standard InChI is InChI=1S/C19H23ClN2O3/c1-25-13-5-12-22-18(23)16(14-6-8-15(20)9-7-14)17(19(22)24)21-10-3-2-4-11-21/h6-9H,2-5,10-13H2,1H3. The van der Waals surface area contributed by atoms with E-state index in [1.54, 1.807) is 19.2 Å². The van der Waals surface area contributed by atoms with Gasteiger partial charge in [-0.25, -0.2) is 0 Å². The molecule has 3 rings (SSSR count). The highest BCUT2D eigenvalue weighted by molar-refractivity contribution is 6.36.